The number of thiophene rings is 1. The van der Waals surface area contributed by atoms with E-state index < -0.39 is 0 Å². The molecule has 1 aliphatic rings. The van der Waals surface area contributed by atoms with Crippen LogP contribution in [0.1, 0.15) is 40.4 Å². The first-order chi connectivity index (χ1) is 8.11. The molecule has 1 aromatic heterocycles. The van der Waals surface area contributed by atoms with Crippen molar-refractivity contribution in [3.63, 3.8) is 0 Å². The number of carbonyl (C=O) groups is 1. The summed E-state index contributed by atoms with van der Waals surface area (Å²) in [5.41, 5.74) is 1.40. The number of hydrogen-bond donors (Lipinski definition) is 1. The smallest absolute Gasteiger partial charge is 0.261 e. The molecular weight excluding hydrogens is 345 g/mol. The SMILES string of the molecule is CC(C)C(CI)NC(=O)c1cc2c(s1)CCC2. The van der Waals surface area contributed by atoms with Gasteiger partial charge in [-0.1, -0.05) is 36.4 Å². The largest absolute Gasteiger partial charge is 0.348 e. The molecule has 0 aliphatic heterocycles. The Bertz CT molecular complexity index is 392. The summed E-state index contributed by atoms with van der Waals surface area (Å²) in [5, 5.41) is 3.14. The van der Waals surface area contributed by atoms with E-state index in [1.165, 1.54) is 16.9 Å². The van der Waals surface area contributed by atoms with Crippen LogP contribution in [0.2, 0.25) is 0 Å². The molecule has 0 radical (unpaired) electrons. The van der Waals surface area contributed by atoms with Crippen molar-refractivity contribution in [2.45, 2.75) is 39.2 Å². The molecule has 1 unspecified atom stereocenters. The van der Waals surface area contributed by atoms with Gasteiger partial charge >= 0.3 is 0 Å². The Hall–Kier alpha value is -0.100. The van der Waals surface area contributed by atoms with Crippen LogP contribution < -0.4 is 5.32 Å². The van der Waals surface area contributed by atoms with Gasteiger partial charge in [0.05, 0.1) is 4.88 Å². The Kier molecular flexibility index (Phi) is 4.47. The van der Waals surface area contributed by atoms with Gasteiger partial charge in [0, 0.05) is 15.3 Å². The lowest BCUT2D eigenvalue weighted by atomic mass is 10.1. The summed E-state index contributed by atoms with van der Waals surface area (Å²) in [6.45, 7) is 4.30. The first-order valence-electron chi connectivity index (χ1n) is 6.10. The van der Waals surface area contributed by atoms with E-state index in [-0.39, 0.29) is 11.9 Å². The monoisotopic (exact) mass is 363 g/mol. The Balaban J connectivity index is 2.04. The highest BCUT2D eigenvalue weighted by molar-refractivity contribution is 14.1. The van der Waals surface area contributed by atoms with Crippen molar-refractivity contribution in [3.8, 4) is 0 Å². The quantitative estimate of drug-likeness (QED) is 0.645. The van der Waals surface area contributed by atoms with Gasteiger partial charge < -0.3 is 5.32 Å². The Morgan fingerprint density at radius 1 is 1.53 bits per heavy atom. The van der Waals surface area contributed by atoms with Gasteiger partial charge in [-0.2, -0.15) is 0 Å². The highest BCUT2D eigenvalue weighted by atomic mass is 127. The average Bonchev–Trinajstić information content (AvgIpc) is 2.84. The zero-order chi connectivity index (χ0) is 12.4. The minimum Gasteiger partial charge on any atom is -0.348 e. The standard InChI is InChI=1S/C13H18INOS/c1-8(2)10(7-14)15-13(16)12-6-9-4-3-5-11(9)17-12/h6,8,10H,3-5,7H2,1-2H3,(H,15,16). The first kappa shape index (κ1) is 13.3. The van der Waals surface area contributed by atoms with Crippen molar-refractivity contribution in [2.75, 3.05) is 4.43 Å². The number of halogens is 1. The zero-order valence-corrected chi connectivity index (χ0v) is 13.2. The van der Waals surface area contributed by atoms with Gasteiger partial charge in [0.1, 0.15) is 0 Å². The molecule has 1 aromatic rings. The van der Waals surface area contributed by atoms with Crippen molar-refractivity contribution < 1.29 is 4.79 Å². The molecule has 0 saturated carbocycles. The molecule has 17 heavy (non-hydrogen) atoms. The average molecular weight is 363 g/mol. The summed E-state index contributed by atoms with van der Waals surface area (Å²) < 4.78 is 0.965. The maximum atomic E-state index is 12.1. The summed E-state index contributed by atoms with van der Waals surface area (Å²) in [6.07, 6.45) is 3.57. The van der Waals surface area contributed by atoms with Crippen molar-refractivity contribution in [1.82, 2.24) is 5.32 Å². The van der Waals surface area contributed by atoms with E-state index >= 15 is 0 Å². The van der Waals surface area contributed by atoms with Gasteiger partial charge in [-0.15, -0.1) is 11.3 Å². The number of rotatable bonds is 4. The molecule has 0 fully saturated rings. The molecule has 0 bridgehead atoms. The van der Waals surface area contributed by atoms with E-state index in [0.29, 0.717) is 5.92 Å². The molecule has 94 valence electrons. The molecule has 2 nitrogen and oxygen atoms in total. The first-order valence-corrected chi connectivity index (χ1v) is 8.44. The number of hydrogen-bond acceptors (Lipinski definition) is 2. The third-order valence-corrected chi connectivity index (χ3v) is 5.44. The number of amides is 1. The summed E-state index contributed by atoms with van der Waals surface area (Å²) in [5.74, 6) is 0.599. The van der Waals surface area contributed by atoms with E-state index in [1.807, 2.05) is 0 Å². The Labute approximate surface area is 120 Å². The van der Waals surface area contributed by atoms with Gasteiger partial charge in [0.15, 0.2) is 0 Å². The maximum Gasteiger partial charge on any atom is 0.261 e. The lowest BCUT2D eigenvalue weighted by molar-refractivity contribution is 0.0936. The Morgan fingerprint density at radius 2 is 2.29 bits per heavy atom. The molecule has 0 spiro atoms. The topological polar surface area (TPSA) is 29.1 Å². The van der Waals surface area contributed by atoms with Crippen LogP contribution in [0.4, 0.5) is 0 Å². The van der Waals surface area contributed by atoms with Crippen LogP contribution in [0.3, 0.4) is 0 Å². The molecule has 1 aliphatic carbocycles. The third kappa shape index (κ3) is 3.02. The highest BCUT2D eigenvalue weighted by Gasteiger charge is 2.21. The fraction of sp³-hybridized carbons (Fsp3) is 0.615. The van der Waals surface area contributed by atoms with E-state index in [9.17, 15) is 4.79 Å². The van der Waals surface area contributed by atoms with Crippen LogP contribution in [-0.2, 0) is 12.8 Å². The number of alkyl halides is 1. The van der Waals surface area contributed by atoms with Crippen LogP contribution in [0.25, 0.3) is 0 Å². The molecule has 1 amide bonds. The van der Waals surface area contributed by atoms with Crippen molar-refractivity contribution >= 4 is 39.8 Å². The van der Waals surface area contributed by atoms with E-state index in [2.05, 4.69) is 47.8 Å². The summed E-state index contributed by atoms with van der Waals surface area (Å²) in [4.78, 5) is 14.4. The number of nitrogens with one attached hydrogen (secondary N) is 1. The van der Waals surface area contributed by atoms with Crippen LogP contribution in [0.15, 0.2) is 6.07 Å². The predicted octanol–water partition coefficient (Wildman–Crippen LogP) is 3.43. The van der Waals surface area contributed by atoms with Crippen LogP contribution in [-0.4, -0.2) is 16.4 Å². The second kappa shape index (κ2) is 5.69. The van der Waals surface area contributed by atoms with Crippen LogP contribution >= 0.6 is 33.9 Å². The minimum atomic E-state index is 0.111. The molecule has 4 heteroatoms. The normalized spacial score (nSPS) is 16.0. The van der Waals surface area contributed by atoms with E-state index in [4.69, 9.17) is 0 Å². The fourth-order valence-electron chi connectivity index (χ4n) is 2.06. The van der Waals surface area contributed by atoms with E-state index in [1.54, 1.807) is 11.3 Å². The third-order valence-electron chi connectivity index (χ3n) is 3.26. The van der Waals surface area contributed by atoms with Crippen LogP contribution in [0, 0.1) is 5.92 Å². The zero-order valence-electron chi connectivity index (χ0n) is 10.3. The van der Waals surface area contributed by atoms with E-state index in [0.717, 1.165) is 22.1 Å². The lowest BCUT2D eigenvalue weighted by Crippen LogP contribution is -2.39. The maximum absolute atomic E-state index is 12.1. The van der Waals surface area contributed by atoms with Crippen LogP contribution in [0.5, 0.6) is 0 Å². The second-order valence-corrected chi connectivity index (χ2v) is 6.91. The van der Waals surface area contributed by atoms with Gasteiger partial charge in [0.25, 0.3) is 5.91 Å². The predicted molar refractivity (Wildman–Crippen MR) is 81.3 cm³/mol. The van der Waals surface area contributed by atoms with Gasteiger partial charge in [0.2, 0.25) is 0 Å². The minimum absolute atomic E-state index is 0.111. The highest BCUT2D eigenvalue weighted by Crippen LogP contribution is 2.30. The second-order valence-electron chi connectivity index (χ2n) is 4.89. The van der Waals surface area contributed by atoms with Gasteiger partial charge in [-0.3, -0.25) is 4.79 Å². The molecule has 1 atom stereocenters. The van der Waals surface area contributed by atoms with Crippen molar-refractivity contribution in [2.24, 2.45) is 5.92 Å². The van der Waals surface area contributed by atoms with Crippen molar-refractivity contribution in [3.05, 3.63) is 21.4 Å². The molecular formula is C13H18INOS. The number of carbonyl (C=O) groups excluding carboxylic acids is 1. The number of aryl methyl sites for hydroxylation is 2. The summed E-state index contributed by atoms with van der Waals surface area (Å²) in [7, 11) is 0. The fourth-order valence-corrected chi connectivity index (χ4v) is 4.46. The molecule has 1 heterocycles. The molecule has 0 aromatic carbocycles. The Morgan fingerprint density at radius 3 is 2.88 bits per heavy atom. The molecule has 2 rings (SSSR count). The summed E-state index contributed by atoms with van der Waals surface area (Å²) in [6, 6.07) is 2.37. The van der Waals surface area contributed by atoms with Gasteiger partial charge in [-0.05, 0) is 36.8 Å². The summed E-state index contributed by atoms with van der Waals surface area (Å²) >= 11 is 4.02. The van der Waals surface area contributed by atoms with Gasteiger partial charge in [-0.25, -0.2) is 0 Å². The molecule has 1 N–H and O–H groups in total. The van der Waals surface area contributed by atoms with Crippen molar-refractivity contribution in [1.29, 1.82) is 0 Å². The molecule has 0 saturated heterocycles. The number of fused-ring (bicyclic) bond motifs is 1. The lowest BCUT2D eigenvalue weighted by Gasteiger charge is -2.19.